The molecule has 0 spiro atoms. The first-order chi connectivity index (χ1) is 17.3. The van der Waals surface area contributed by atoms with Crippen LogP contribution in [0.5, 0.6) is 5.75 Å². The van der Waals surface area contributed by atoms with E-state index in [-0.39, 0.29) is 43.0 Å². The van der Waals surface area contributed by atoms with Crippen molar-refractivity contribution < 1.29 is 28.5 Å². The lowest BCUT2D eigenvalue weighted by Crippen LogP contribution is -2.37. The topological polar surface area (TPSA) is 71.1 Å². The lowest BCUT2D eigenvalue weighted by Gasteiger charge is -2.35. The minimum atomic E-state index is -0.354. The molecule has 1 saturated carbocycles. The normalized spacial score (nSPS) is 21.9. The van der Waals surface area contributed by atoms with E-state index in [4.69, 9.17) is 18.9 Å². The molecule has 6 heteroatoms. The van der Waals surface area contributed by atoms with Gasteiger partial charge in [-0.15, -0.1) is 0 Å². The van der Waals surface area contributed by atoms with Crippen LogP contribution in [0.2, 0.25) is 0 Å². The summed E-state index contributed by atoms with van der Waals surface area (Å²) in [6.07, 6.45) is 5.53. The first-order valence-electron chi connectivity index (χ1n) is 13.1. The van der Waals surface area contributed by atoms with E-state index in [0.29, 0.717) is 12.8 Å². The van der Waals surface area contributed by atoms with Gasteiger partial charge in [-0.3, -0.25) is 9.59 Å². The van der Waals surface area contributed by atoms with Gasteiger partial charge in [0.2, 0.25) is 0 Å². The molecule has 4 rings (SSSR count). The Bertz CT molecular complexity index is 1060. The fraction of sp³-hybridized carbons (Fsp3) is 0.533. The molecule has 2 aromatic carbocycles. The second-order valence-electron chi connectivity index (χ2n) is 10.1. The van der Waals surface area contributed by atoms with E-state index >= 15 is 0 Å². The Morgan fingerprint density at radius 3 is 2.31 bits per heavy atom. The van der Waals surface area contributed by atoms with Gasteiger partial charge < -0.3 is 18.9 Å². The summed E-state index contributed by atoms with van der Waals surface area (Å²) in [6, 6.07) is 13.0. The van der Waals surface area contributed by atoms with E-state index in [1.807, 2.05) is 0 Å². The molecule has 1 aliphatic carbocycles. The minimum Gasteiger partial charge on any atom is -0.490 e. The van der Waals surface area contributed by atoms with E-state index in [0.717, 1.165) is 42.6 Å². The molecular formula is C30H38O6. The Morgan fingerprint density at radius 1 is 0.972 bits per heavy atom. The van der Waals surface area contributed by atoms with Crippen LogP contribution in [0.25, 0.3) is 0 Å². The summed E-state index contributed by atoms with van der Waals surface area (Å²) in [4.78, 5) is 23.1. The van der Waals surface area contributed by atoms with Crippen molar-refractivity contribution in [1.29, 1.82) is 0 Å². The zero-order chi connectivity index (χ0) is 25.7. The highest BCUT2D eigenvalue weighted by atomic mass is 16.6. The van der Waals surface area contributed by atoms with Crippen molar-refractivity contribution in [3.8, 4) is 5.75 Å². The number of aryl methyl sites for hydroxylation is 1. The lowest BCUT2D eigenvalue weighted by atomic mass is 9.90. The van der Waals surface area contributed by atoms with E-state index in [1.54, 1.807) is 0 Å². The number of esters is 2. The van der Waals surface area contributed by atoms with Gasteiger partial charge in [0, 0.05) is 26.7 Å². The zero-order valence-electron chi connectivity index (χ0n) is 21.9. The summed E-state index contributed by atoms with van der Waals surface area (Å²) >= 11 is 0. The summed E-state index contributed by atoms with van der Waals surface area (Å²) < 4.78 is 23.6. The van der Waals surface area contributed by atoms with Gasteiger partial charge in [-0.2, -0.15) is 0 Å². The average molecular weight is 495 g/mol. The maximum absolute atomic E-state index is 11.7. The van der Waals surface area contributed by atoms with Crippen molar-refractivity contribution in [2.45, 2.75) is 97.1 Å². The van der Waals surface area contributed by atoms with Crippen molar-refractivity contribution in [2.75, 3.05) is 6.61 Å². The monoisotopic (exact) mass is 494 g/mol. The zero-order valence-corrected chi connectivity index (χ0v) is 21.9. The lowest BCUT2D eigenvalue weighted by molar-refractivity contribution is -0.169. The molecule has 3 unspecified atom stereocenters. The number of hydrogen-bond donors (Lipinski definition) is 0. The van der Waals surface area contributed by atoms with Crippen molar-refractivity contribution in [2.24, 2.45) is 0 Å². The first-order valence-corrected chi connectivity index (χ1v) is 13.1. The highest BCUT2D eigenvalue weighted by Crippen LogP contribution is 2.38. The third kappa shape index (κ3) is 6.88. The predicted molar refractivity (Wildman–Crippen MR) is 137 cm³/mol. The van der Waals surface area contributed by atoms with Crippen molar-refractivity contribution in [1.82, 2.24) is 0 Å². The number of benzene rings is 2. The second kappa shape index (κ2) is 11.9. The van der Waals surface area contributed by atoms with E-state index in [2.05, 4.69) is 50.2 Å². The smallest absolute Gasteiger partial charge is 0.302 e. The largest absolute Gasteiger partial charge is 0.490 e. The van der Waals surface area contributed by atoms with Gasteiger partial charge in [0.15, 0.2) is 0 Å². The SMILES string of the molecule is CCc1ccc(Cc2cc(C3CC(OC(C)=O)CC(COC(C)=O)O3)cc(OC3CCC3)c2C)cc1. The van der Waals surface area contributed by atoms with Crippen LogP contribution in [0, 0.1) is 6.92 Å². The Balaban J connectivity index is 1.63. The van der Waals surface area contributed by atoms with Crippen molar-refractivity contribution >= 4 is 11.9 Å². The first kappa shape index (κ1) is 26.2. The average Bonchev–Trinajstić information content (AvgIpc) is 2.82. The molecule has 1 heterocycles. The van der Waals surface area contributed by atoms with Crippen molar-refractivity contribution in [3.63, 3.8) is 0 Å². The Hall–Kier alpha value is -2.86. The van der Waals surface area contributed by atoms with Crippen molar-refractivity contribution in [3.05, 3.63) is 64.2 Å². The molecule has 194 valence electrons. The molecule has 0 aromatic heterocycles. The molecule has 2 aromatic rings. The van der Waals surface area contributed by atoms with E-state index in [1.165, 1.54) is 37.0 Å². The van der Waals surface area contributed by atoms with Gasteiger partial charge in [-0.05, 0) is 72.9 Å². The minimum absolute atomic E-state index is 0.136. The predicted octanol–water partition coefficient (Wildman–Crippen LogP) is 5.79. The summed E-state index contributed by atoms with van der Waals surface area (Å²) in [5.74, 6) is 0.223. The summed E-state index contributed by atoms with van der Waals surface area (Å²) in [5, 5.41) is 0. The molecule has 36 heavy (non-hydrogen) atoms. The molecule has 2 aliphatic rings. The van der Waals surface area contributed by atoms with Crippen LogP contribution in [0.15, 0.2) is 36.4 Å². The van der Waals surface area contributed by atoms with Gasteiger partial charge >= 0.3 is 11.9 Å². The maximum Gasteiger partial charge on any atom is 0.302 e. The molecule has 0 bridgehead atoms. The molecule has 1 aliphatic heterocycles. The van der Waals surface area contributed by atoms with E-state index < -0.39 is 0 Å². The summed E-state index contributed by atoms with van der Waals surface area (Å²) in [7, 11) is 0. The molecule has 0 N–H and O–H groups in total. The Labute approximate surface area is 214 Å². The number of hydrogen-bond acceptors (Lipinski definition) is 6. The van der Waals surface area contributed by atoms with Gasteiger partial charge in [0.1, 0.15) is 18.5 Å². The van der Waals surface area contributed by atoms with Crippen LogP contribution in [0.3, 0.4) is 0 Å². The van der Waals surface area contributed by atoms with Crippen LogP contribution in [0.4, 0.5) is 0 Å². The number of carbonyl (C=O) groups excluding carboxylic acids is 2. The van der Waals surface area contributed by atoms with Gasteiger partial charge in [-0.1, -0.05) is 37.3 Å². The highest BCUT2D eigenvalue weighted by molar-refractivity contribution is 5.66. The van der Waals surface area contributed by atoms with Crippen LogP contribution in [-0.4, -0.2) is 36.9 Å². The molecule has 2 fully saturated rings. The maximum atomic E-state index is 11.7. The molecule has 0 amide bonds. The number of ether oxygens (including phenoxy) is 4. The second-order valence-corrected chi connectivity index (χ2v) is 10.1. The van der Waals surface area contributed by atoms with Crippen LogP contribution in [-0.2, 0) is 36.6 Å². The Morgan fingerprint density at radius 2 is 1.69 bits per heavy atom. The van der Waals surface area contributed by atoms with Crippen LogP contribution < -0.4 is 4.74 Å². The fourth-order valence-electron chi connectivity index (χ4n) is 4.88. The fourth-order valence-corrected chi connectivity index (χ4v) is 4.88. The standard InChI is InChI=1S/C30H38O6/c1-5-22-9-11-23(12-10-22)13-24-14-25(15-29(19(24)2)35-26-7-6-8-26)30-17-27(34-21(4)32)16-28(36-30)18-33-20(3)31/h9-12,14-15,26-28,30H,5-8,13,16-18H2,1-4H3. The van der Waals surface area contributed by atoms with Gasteiger partial charge in [0.25, 0.3) is 0 Å². The molecule has 6 nitrogen and oxygen atoms in total. The summed E-state index contributed by atoms with van der Waals surface area (Å²) in [5.41, 5.74) is 5.91. The molecule has 0 radical (unpaired) electrons. The molecule has 3 atom stereocenters. The molecular weight excluding hydrogens is 456 g/mol. The quantitative estimate of drug-likeness (QED) is 0.411. The van der Waals surface area contributed by atoms with E-state index in [9.17, 15) is 9.59 Å². The van der Waals surface area contributed by atoms with Crippen LogP contribution >= 0.6 is 0 Å². The summed E-state index contributed by atoms with van der Waals surface area (Å²) in [6.45, 7) is 7.23. The van der Waals surface area contributed by atoms with Crippen LogP contribution in [0.1, 0.15) is 86.8 Å². The molecule has 1 saturated heterocycles. The van der Waals surface area contributed by atoms with Gasteiger partial charge in [0.05, 0.1) is 18.3 Å². The third-order valence-corrected chi connectivity index (χ3v) is 7.20. The number of carbonyl (C=O) groups is 2. The number of rotatable bonds is 9. The third-order valence-electron chi connectivity index (χ3n) is 7.20. The van der Waals surface area contributed by atoms with Gasteiger partial charge in [-0.25, -0.2) is 0 Å². The Kier molecular flexibility index (Phi) is 8.68. The highest BCUT2D eigenvalue weighted by Gasteiger charge is 2.34.